The molecular weight excluding hydrogens is 432 g/mol. The van der Waals surface area contributed by atoms with E-state index in [4.69, 9.17) is 4.74 Å². The van der Waals surface area contributed by atoms with Crippen LogP contribution in [0.2, 0.25) is 0 Å². The molecule has 2 aromatic rings. The summed E-state index contributed by atoms with van der Waals surface area (Å²) in [6.07, 6.45) is 7.29. The molecule has 4 rings (SSSR count). The van der Waals surface area contributed by atoms with Crippen LogP contribution in [0.25, 0.3) is 6.08 Å². The van der Waals surface area contributed by atoms with Crippen LogP contribution in [0.5, 0.6) is 5.75 Å². The van der Waals surface area contributed by atoms with Crippen molar-refractivity contribution in [1.82, 2.24) is 10.2 Å². The Morgan fingerprint density at radius 1 is 1.15 bits per heavy atom. The van der Waals surface area contributed by atoms with Crippen LogP contribution in [-0.4, -0.2) is 41.7 Å². The van der Waals surface area contributed by atoms with Gasteiger partial charge < -0.3 is 15.0 Å². The molecule has 1 N–H and O–H groups in total. The van der Waals surface area contributed by atoms with Crippen LogP contribution in [0, 0.1) is 0 Å². The summed E-state index contributed by atoms with van der Waals surface area (Å²) in [5, 5.41) is 3.32. The lowest BCUT2D eigenvalue weighted by molar-refractivity contribution is -0.135. The summed E-state index contributed by atoms with van der Waals surface area (Å²) >= 11 is 1.70. The third-order valence-electron chi connectivity index (χ3n) is 6.49. The average Bonchev–Trinajstić information content (AvgIpc) is 2.86. The largest absolute Gasteiger partial charge is 0.496 e. The summed E-state index contributed by atoms with van der Waals surface area (Å²) < 4.78 is 5.37. The zero-order chi connectivity index (χ0) is 23.2. The molecule has 1 saturated heterocycles. The fourth-order valence-electron chi connectivity index (χ4n) is 4.62. The fourth-order valence-corrected chi connectivity index (χ4v) is 6.09. The highest BCUT2D eigenvalue weighted by atomic mass is 32.2. The molecule has 1 saturated carbocycles. The number of amides is 2. The quantitative estimate of drug-likeness (QED) is 0.598. The zero-order valence-corrected chi connectivity index (χ0v) is 20.2. The van der Waals surface area contributed by atoms with Gasteiger partial charge >= 0.3 is 0 Å². The summed E-state index contributed by atoms with van der Waals surface area (Å²) in [6, 6.07) is 16.1. The van der Waals surface area contributed by atoms with Crippen molar-refractivity contribution in [3.63, 3.8) is 0 Å². The first-order chi connectivity index (χ1) is 16.1. The van der Waals surface area contributed by atoms with E-state index in [0.717, 1.165) is 47.5 Å². The number of carbonyl (C=O) groups excluding carboxylic acids is 2. The van der Waals surface area contributed by atoms with Crippen LogP contribution in [0.3, 0.4) is 0 Å². The molecule has 2 unspecified atom stereocenters. The number of nitrogens with one attached hydrogen (secondary N) is 1. The molecule has 174 valence electrons. The normalized spacial score (nSPS) is 21.6. The first-order valence-corrected chi connectivity index (χ1v) is 12.6. The molecule has 1 aliphatic carbocycles. The molecule has 2 atom stereocenters. The van der Waals surface area contributed by atoms with Gasteiger partial charge in [0, 0.05) is 23.4 Å². The second-order valence-corrected chi connectivity index (χ2v) is 9.91. The van der Waals surface area contributed by atoms with Crippen LogP contribution < -0.4 is 10.1 Å². The molecule has 5 nitrogen and oxygen atoms in total. The third-order valence-corrected chi connectivity index (χ3v) is 7.89. The van der Waals surface area contributed by atoms with Gasteiger partial charge in [0.05, 0.1) is 12.0 Å². The molecule has 0 bridgehead atoms. The van der Waals surface area contributed by atoms with E-state index in [1.807, 2.05) is 35.2 Å². The molecule has 0 aromatic heterocycles. The predicted molar refractivity (Wildman–Crippen MR) is 134 cm³/mol. The van der Waals surface area contributed by atoms with E-state index in [2.05, 4.69) is 36.5 Å². The number of para-hydroxylation sites is 1. The van der Waals surface area contributed by atoms with E-state index in [9.17, 15) is 9.59 Å². The van der Waals surface area contributed by atoms with Gasteiger partial charge in [0.1, 0.15) is 12.3 Å². The molecule has 0 spiro atoms. The Hall–Kier alpha value is -2.73. The van der Waals surface area contributed by atoms with Gasteiger partial charge in [-0.1, -0.05) is 62.2 Å². The average molecular weight is 465 g/mol. The van der Waals surface area contributed by atoms with E-state index in [-0.39, 0.29) is 24.4 Å². The van der Waals surface area contributed by atoms with Crippen molar-refractivity contribution >= 4 is 29.7 Å². The van der Waals surface area contributed by atoms with Crippen molar-refractivity contribution in [2.45, 2.75) is 56.9 Å². The highest BCUT2D eigenvalue weighted by Gasteiger charge is 2.41. The minimum Gasteiger partial charge on any atom is -0.496 e. The van der Waals surface area contributed by atoms with Crippen LogP contribution in [0.1, 0.15) is 49.3 Å². The first-order valence-electron chi connectivity index (χ1n) is 11.8. The highest BCUT2D eigenvalue weighted by molar-refractivity contribution is 8.04. The van der Waals surface area contributed by atoms with Crippen molar-refractivity contribution in [1.29, 1.82) is 0 Å². The number of benzene rings is 2. The molecule has 2 aromatic carbocycles. The minimum atomic E-state index is -0.142. The first kappa shape index (κ1) is 23.4. The fraction of sp³-hybridized carbons (Fsp3) is 0.407. The lowest BCUT2D eigenvalue weighted by Gasteiger charge is -2.43. The Morgan fingerprint density at radius 3 is 2.67 bits per heavy atom. The minimum absolute atomic E-state index is 0.0323. The molecule has 33 heavy (non-hydrogen) atoms. The molecular formula is C27H32N2O3S. The number of hydrogen-bond donors (Lipinski definition) is 1. The Labute approximate surface area is 200 Å². The monoisotopic (exact) mass is 464 g/mol. The molecule has 1 heterocycles. The number of nitrogens with zero attached hydrogens (tertiary/aromatic N) is 1. The van der Waals surface area contributed by atoms with Crippen LogP contribution in [0.4, 0.5) is 0 Å². The van der Waals surface area contributed by atoms with Gasteiger partial charge in [-0.15, -0.1) is 11.8 Å². The zero-order valence-electron chi connectivity index (χ0n) is 19.4. The van der Waals surface area contributed by atoms with Gasteiger partial charge in [0.2, 0.25) is 5.91 Å². The number of thioether (sulfide) groups is 1. The van der Waals surface area contributed by atoms with Crippen molar-refractivity contribution in [2.75, 3.05) is 13.7 Å². The SMILES string of the molecule is CCc1ccc(/C=C2\SC3CCCCC3N(CC(=O)NCc3ccccc3OC)C2=O)cc1. The molecule has 0 radical (unpaired) electrons. The van der Waals surface area contributed by atoms with Crippen molar-refractivity contribution in [2.24, 2.45) is 0 Å². The second kappa shape index (κ2) is 10.9. The van der Waals surface area contributed by atoms with E-state index in [0.29, 0.717) is 11.8 Å². The Kier molecular flexibility index (Phi) is 7.76. The number of hydrogen-bond acceptors (Lipinski definition) is 4. The molecule has 6 heteroatoms. The van der Waals surface area contributed by atoms with Gasteiger partial charge in [-0.05, 0) is 42.5 Å². The summed E-state index contributed by atoms with van der Waals surface area (Å²) in [5.41, 5.74) is 3.22. The van der Waals surface area contributed by atoms with Gasteiger partial charge in [0.25, 0.3) is 5.91 Å². The molecule has 1 aliphatic heterocycles. The van der Waals surface area contributed by atoms with E-state index < -0.39 is 0 Å². The van der Waals surface area contributed by atoms with Gasteiger partial charge in [-0.25, -0.2) is 0 Å². The second-order valence-electron chi connectivity index (χ2n) is 8.63. The van der Waals surface area contributed by atoms with Crippen molar-refractivity contribution in [3.05, 3.63) is 70.1 Å². The van der Waals surface area contributed by atoms with Crippen molar-refractivity contribution in [3.8, 4) is 5.75 Å². The molecule has 2 aliphatic rings. The Bertz CT molecular complexity index is 1020. The van der Waals surface area contributed by atoms with Crippen LogP contribution in [-0.2, 0) is 22.6 Å². The maximum absolute atomic E-state index is 13.5. The maximum Gasteiger partial charge on any atom is 0.261 e. The van der Waals surface area contributed by atoms with Crippen LogP contribution in [0.15, 0.2) is 53.4 Å². The Morgan fingerprint density at radius 2 is 1.91 bits per heavy atom. The number of aryl methyl sites for hydroxylation is 1. The summed E-state index contributed by atoms with van der Waals surface area (Å²) in [7, 11) is 1.62. The summed E-state index contributed by atoms with van der Waals surface area (Å²) in [4.78, 5) is 28.9. The summed E-state index contributed by atoms with van der Waals surface area (Å²) in [5.74, 6) is 0.571. The van der Waals surface area contributed by atoms with Gasteiger partial charge in [-0.3, -0.25) is 9.59 Å². The third kappa shape index (κ3) is 5.61. The van der Waals surface area contributed by atoms with E-state index >= 15 is 0 Å². The number of ether oxygens (including phenoxy) is 1. The number of methoxy groups -OCH3 is 1. The predicted octanol–water partition coefficient (Wildman–Crippen LogP) is 4.80. The van der Waals surface area contributed by atoms with Gasteiger partial charge in [0.15, 0.2) is 0 Å². The van der Waals surface area contributed by atoms with Gasteiger partial charge in [-0.2, -0.15) is 0 Å². The lowest BCUT2D eigenvalue weighted by Crippen LogP contribution is -2.54. The topological polar surface area (TPSA) is 58.6 Å². The van der Waals surface area contributed by atoms with E-state index in [1.165, 1.54) is 12.0 Å². The maximum atomic E-state index is 13.5. The lowest BCUT2D eigenvalue weighted by atomic mass is 9.93. The van der Waals surface area contributed by atoms with E-state index in [1.54, 1.807) is 18.9 Å². The molecule has 2 amide bonds. The number of rotatable bonds is 7. The number of carbonyl (C=O) groups is 2. The standard InChI is InChI=1S/C27H32N2O3S/c1-3-19-12-14-20(15-13-19)16-25-27(31)29(22-9-5-7-11-24(22)33-25)18-26(30)28-17-21-8-4-6-10-23(21)32-2/h4,6,8,10,12-16,22,24H,3,5,7,9,11,17-18H2,1-2H3,(H,28,30)/b25-16-. The van der Waals surface area contributed by atoms with Crippen LogP contribution >= 0.6 is 11.8 Å². The Balaban J connectivity index is 1.48. The summed E-state index contributed by atoms with van der Waals surface area (Å²) in [6.45, 7) is 2.59. The smallest absolute Gasteiger partial charge is 0.261 e. The highest BCUT2D eigenvalue weighted by Crippen LogP contribution is 2.42. The van der Waals surface area contributed by atoms with Crippen molar-refractivity contribution < 1.29 is 14.3 Å². The molecule has 2 fully saturated rings. The number of fused-ring (bicyclic) bond motifs is 1.